The second-order valence-corrected chi connectivity index (χ2v) is 7.52. The smallest absolute Gasteiger partial charge is 0.227 e. The van der Waals surface area contributed by atoms with Gasteiger partial charge in [-0.05, 0) is 46.0 Å². The van der Waals surface area contributed by atoms with Crippen LogP contribution in [-0.4, -0.2) is 18.0 Å². The van der Waals surface area contributed by atoms with E-state index >= 15 is 0 Å². The molecule has 0 radical (unpaired) electrons. The highest BCUT2D eigenvalue weighted by Gasteiger charge is 2.40. The monoisotopic (exact) mass is 268 g/mol. The molecule has 0 spiro atoms. The standard InChI is InChI=1S/C16H32N2O/c1-12-6-8-13(9-7-12)10-11-18-14(19)15(2,3)16(4,5)17/h12-13H,6-11,17H2,1-5H3,(H,18,19). The number of carbonyl (C=O) groups is 1. The van der Waals surface area contributed by atoms with Crippen molar-refractivity contribution in [1.82, 2.24) is 5.32 Å². The molecule has 0 aromatic rings. The summed E-state index contributed by atoms with van der Waals surface area (Å²) in [5.74, 6) is 1.76. The lowest BCUT2D eigenvalue weighted by molar-refractivity contribution is -0.132. The Morgan fingerprint density at radius 1 is 1.16 bits per heavy atom. The summed E-state index contributed by atoms with van der Waals surface area (Å²) in [6, 6.07) is 0. The molecule has 0 aliphatic heterocycles. The zero-order valence-electron chi connectivity index (χ0n) is 13.4. The molecule has 0 saturated heterocycles. The molecule has 1 amide bonds. The Kier molecular flexibility index (Phi) is 5.43. The van der Waals surface area contributed by atoms with Crippen molar-refractivity contribution in [3.63, 3.8) is 0 Å². The fourth-order valence-electron chi connectivity index (χ4n) is 2.52. The SMILES string of the molecule is CC1CCC(CCNC(=O)C(C)(C)C(C)(C)N)CC1. The van der Waals surface area contributed by atoms with Crippen molar-refractivity contribution >= 4 is 5.91 Å². The lowest BCUT2D eigenvalue weighted by Crippen LogP contribution is -2.55. The van der Waals surface area contributed by atoms with Crippen LogP contribution in [0, 0.1) is 17.3 Å². The minimum absolute atomic E-state index is 0.0733. The number of hydrogen-bond acceptors (Lipinski definition) is 2. The van der Waals surface area contributed by atoms with Crippen LogP contribution in [0.4, 0.5) is 0 Å². The van der Waals surface area contributed by atoms with Crippen LogP contribution in [0.2, 0.25) is 0 Å². The highest BCUT2D eigenvalue weighted by atomic mass is 16.2. The predicted octanol–water partition coefficient (Wildman–Crippen LogP) is 3.08. The fourth-order valence-corrected chi connectivity index (χ4v) is 2.52. The molecule has 3 nitrogen and oxygen atoms in total. The third-order valence-electron chi connectivity index (χ3n) is 5.15. The minimum Gasteiger partial charge on any atom is -0.356 e. The molecule has 0 unspecified atom stereocenters. The van der Waals surface area contributed by atoms with Gasteiger partial charge in [-0.25, -0.2) is 0 Å². The molecule has 1 fully saturated rings. The van der Waals surface area contributed by atoms with E-state index in [0.717, 1.165) is 24.8 Å². The summed E-state index contributed by atoms with van der Waals surface area (Å²) in [7, 11) is 0. The Bertz CT molecular complexity index is 296. The summed E-state index contributed by atoms with van der Waals surface area (Å²) in [4.78, 5) is 12.2. The maximum absolute atomic E-state index is 12.2. The molecule has 0 bridgehead atoms. The van der Waals surface area contributed by atoms with Crippen molar-refractivity contribution in [3.8, 4) is 0 Å². The molecule has 1 aliphatic carbocycles. The van der Waals surface area contributed by atoms with Crippen molar-refractivity contribution in [2.45, 2.75) is 72.3 Å². The summed E-state index contributed by atoms with van der Waals surface area (Å²) >= 11 is 0. The Labute approximate surface area is 118 Å². The van der Waals surface area contributed by atoms with E-state index in [9.17, 15) is 4.79 Å². The van der Waals surface area contributed by atoms with Gasteiger partial charge < -0.3 is 11.1 Å². The first kappa shape index (κ1) is 16.5. The van der Waals surface area contributed by atoms with Crippen LogP contribution in [0.5, 0.6) is 0 Å². The third-order valence-corrected chi connectivity index (χ3v) is 5.15. The summed E-state index contributed by atoms with van der Waals surface area (Å²) in [5.41, 5.74) is 5.05. The first-order valence-electron chi connectivity index (χ1n) is 7.71. The molecule has 0 heterocycles. The number of hydrogen-bond donors (Lipinski definition) is 2. The average molecular weight is 268 g/mol. The molecular formula is C16H32N2O. The Morgan fingerprint density at radius 2 is 1.68 bits per heavy atom. The van der Waals surface area contributed by atoms with Gasteiger partial charge >= 0.3 is 0 Å². The zero-order valence-corrected chi connectivity index (χ0v) is 13.4. The Morgan fingerprint density at radius 3 is 2.16 bits per heavy atom. The summed E-state index contributed by atoms with van der Waals surface area (Å²) in [5, 5.41) is 3.07. The van der Waals surface area contributed by atoms with Crippen LogP contribution >= 0.6 is 0 Å². The molecule has 0 atom stereocenters. The molecule has 19 heavy (non-hydrogen) atoms. The van der Waals surface area contributed by atoms with Crippen LogP contribution in [0.15, 0.2) is 0 Å². The van der Waals surface area contributed by atoms with Crippen molar-refractivity contribution in [2.24, 2.45) is 23.0 Å². The van der Waals surface area contributed by atoms with Crippen LogP contribution in [0.3, 0.4) is 0 Å². The highest BCUT2D eigenvalue weighted by molar-refractivity contribution is 5.83. The lowest BCUT2D eigenvalue weighted by atomic mass is 9.74. The largest absolute Gasteiger partial charge is 0.356 e. The van der Waals surface area contributed by atoms with Crippen LogP contribution in [-0.2, 0) is 4.79 Å². The Hall–Kier alpha value is -0.570. The van der Waals surface area contributed by atoms with Crippen molar-refractivity contribution < 1.29 is 4.79 Å². The van der Waals surface area contributed by atoms with Crippen molar-refractivity contribution in [3.05, 3.63) is 0 Å². The molecule has 112 valence electrons. The number of amides is 1. The Balaban J connectivity index is 2.31. The van der Waals surface area contributed by atoms with Gasteiger partial charge in [0.05, 0.1) is 5.41 Å². The van der Waals surface area contributed by atoms with Crippen molar-refractivity contribution in [1.29, 1.82) is 0 Å². The van der Waals surface area contributed by atoms with E-state index in [2.05, 4.69) is 12.2 Å². The van der Waals surface area contributed by atoms with Gasteiger partial charge in [-0.15, -0.1) is 0 Å². The van der Waals surface area contributed by atoms with E-state index in [1.807, 2.05) is 27.7 Å². The topological polar surface area (TPSA) is 55.1 Å². The van der Waals surface area contributed by atoms with E-state index in [-0.39, 0.29) is 5.91 Å². The summed E-state index contributed by atoms with van der Waals surface area (Å²) < 4.78 is 0. The summed E-state index contributed by atoms with van der Waals surface area (Å²) in [6.07, 6.45) is 6.45. The van der Waals surface area contributed by atoms with Gasteiger partial charge in [-0.1, -0.05) is 32.6 Å². The van der Waals surface area contributed by atoms with Gasteiger partial charge in [0.2, 0.25) is 5.91 Å². The quantitative estimate of drug-likeness (QED) is 0.805. The molecule has 1 aliphatic rings. The normalized spacial score (nSPS) is 25.2. The number of carbonyl (C=O) groups excluding carboxylic acids is 1. The fraction of sp³-hybridized carbons (Fsp3) is 0.938. The second kappa shape index (κ2) is 6.25. The second-order valence-electron chi connectivity index (χ2n) is 7.52. The highest BCUT2D eigenvalue weighted by Crippen LogP contribution is 2.31. The van der Waals surface area contributed by atoms with Gasteiger partial charge in [0, 0.05) is 12.1 Å². The van der Waals surface area contributed by atoms with E-state index in [1.165, 1.54) is 25.7 Å². The molecule has 1 saturated carbocycles. The average Bonchev–Trinajstić information content (AvgIpc) is 2.30. The van der Waals surface area contributed by atoms with Gasteiger partial charge in [0.25, 0.3) is 0 Å². The van der Waals surface area contributed by atoms with Crippen molar-refractivity contribution in [2.75, 3.05) is 6.54 Å². The minimum atomic E-state index is -0.534. The van der Waals surface area contributed by atoms with Crippen LogP contribution in [0.1, 0.15) is 66.7 Å². The van der Waals surface area contributed by atoms with E-state index in [1.54, 1.807) is 0 Å². The molecule has 3 N–H and O–H groups in total. The maximum atomic E-state index is 12.2. The van der Waals surface area contributed by atoms with Gasteiger partial charge in [0.1, 0.15) is 0 Å². The van der Waals surface area contributed by atoms with Gasteiger partial charge in [-0.2, -0.15) is 0 Å². The van der Waals surface area contributed by atoms with Crippen LogP contribution in [0.25, 0.3) is 0 Å². The zero-order chi connectivity index (χ0) is 14.7. The molecule has 0 aromatic heterocycles. The number of nitrogens with one attached hydrogen (secondary N) is 1. The molecule has 3 heteroatoms. The van der Waals surface area contributed by atoms with E-state index < -0.39 is 11.0 Å². The summed E-state index contributed by atoms with van der Waals surface area (Å²) in [6.45, 7) is 10.8. The van der Waals surface area contributed by atoms with E-state index in [4.69, 9.17) is 5.73 Å². The first-order valence-corrected chi connectivity index (χ1v) is 7.71. The predicted molar refractivity (Wildman–Crippen MR) is 80.8 cm³/mol. The number of nitrogens with two attached hydrogens (primary N) is 1. The van der Waals surface area contributed by atoms with Crippen LogP contribution < -0.4 is 11.1 Å². The maximum Gasteiger partial charge on any atom is 0.227 e. The van der Waals surface area contributed by atoms with Gasteiger partial charge in [-0.3, -0.25) is 4.79 Å². The molecular weight excluding hydrogens is 236 g/mol. The molecule has 0 aromatic carbocycles. The molecule has 1 rings (SSSR count). The first-order chi connectivity index (χ1) is 8.64. The third kappa shape index (κ3) is 4.48. The number of rotatable bonds is 5. The lowest BCUT2D eigenvalue weighted by Gasteiger charge is -2.37. The van der Waals surface area contributed by atoms with Gasteiger partial charge in [0.15, 0.2) is 0 Å². The van der Waals surface area contributed by atoms with E-state index in [0.29, 0.717) is 0 Å².